The number of carbonyl (C=O) groups excluding carboxylic acids is 2. The molecule has 2 aliphatic carbocycles. The smallest absolute Gasteiger partial charge is 0.341 e. The van der Waals surface area contributed by atoms with Gasteiger partial charge in [0.25, 0.3) is 0 Å². The van der Waals surface area contributed by atoms with Crippen LogP contribution in [0.25, 0.3) is 0 Å². The van der Waals surface area contributed by atoms with Gasteiger partial charge >= 0.3 is 5.97 Å². The minimum atomic E-state index is -0.544. The number of halogens is 2. The first-order chi connectivity index (χ1) is 13.3. The maximum atomic E-state index is 12.9. The molecule has 7 heteroatoms. The normalized spacial score (nSPS) is 24.9. The minimum absolute atomic E-state index is 0.0930. The highest BCUT2D eigenvalue weighted by Crippen LogP contribution is 2.66. The third-order valence-corrected chi connectivity index (χ3v) is 9.39. The van der Waals surface area contributed by atoms with Crippen molar-refractivity contribution in [3.63, 3.8) is 0 Å². The molecule has 1 saturated carbocycles. The van der Waals surface area contributed by atoms with Gasteiger partial charge in [-0.1, -0.05) is 62.2 Å². The van der Waals surface area contributed by atoms with Crippen molar-refractivity contribution in [1.82, 2.24) is 0 Å². The number of benzene rings is 1. The van der Waals surface area contributed by atoms with E-state index < -0.39 is 5.41 Å². The molecule has 2 aliphatic rings. The lowest BCUT2D eigenvalue weighted by Gasteiger charge is -2.22. The molecule has 1 aromatic heterocycles. The molecule has 28 heavy (non-hydrogen) atoms. The molecule has 1 fully saturated rings. The number of esters is 1. The Morgan fingerprint density at radius 1 is 1.25 bits per heavy atom. The lowest BCUT2D eigenvalue weighted by molar-refractivity contribution is -0.120. The second-order valence-corrected chi connectivity index (χ2v) is 12.6. The van der Waals surface area contributed by atoms with Crippen LogP contribution >= 0.6 is 43.2 Å². The Balaban J connectivity index is 1.64. The summed E-state index contributed by atoms with van der Waals surface area (Å²) in [6.45, 7) is 1.91. The summed E-state index contributed by atoms with van der Waals surface area (Å²) >= 11 is 8.60. The number of carbonyl (C=O) groups is 2. The van der Waals surface area contributed by atoms with Crippen molar-refractivity contribution in [2.24, 2.45) is 5.41 Å². The van der Waals surface area contributed by atoms with Gasteiger partial charge in [-0.3, -0.25) is 4.79 Å². The van der Waals surface area contributed by atoms with Gasteiger partial charge in [0.1, 0.15) is 5.00 Å². The number of methoxy groups -OCH3 is 1. The van der Waals surface area contributed by atoms with Crippen molar-refractivity contribution in [3.05, 3.63) is 51.9 Å². The number of alkyl halides is 2. The molecular weight excluding hydrogens is 506 g/mol. The van der Waals surface area contributed by atoms with Crippen LogP contribution in [0.2, 0.25) is 0 Å². The van der Waals surface area contributed by atoms with Crippen molar-refractivity contribution >= 4 is 60.1 Å². The number of thiophene rings is 1. The molecule has 4 rings (SSSR count). The molecule has 2 atom stereocenters. The first kappa shape index (κ1) is 20.1. The van der Waals surface area contributed by atoms with Gasteiger partial charge in [0.2, 0.25) is 5.91 Å². The van der Waals surface area contributed by atoms with Crippen molar-refractivity contribution in [2.45, 2.75) is 41.8 Å². The number of hydrogen-bond acceptors (Lipinski definition) is 4. The van der Waals surface area contributed by atoms with E-state index >= 15 is 0 Å². The summed E-state index contributed by atoms with van der Waals surface area (Å²) in [5.41, 5.74) is 2.34. The average molecular weight is 527 g/mol. The standard InChI is InChI=1S/C21H21Br2NO3S/c1-20(11-21(20,22)23)19(26)24-17-16(18(25)27-2)14-9-8-13(10-15(14)28-17)12-6-4-3-5-7-12/h3-7,13H,8-11H2,1-2H3,(H,24,26)/t13-,20+/m0/s1. The topological polar surface area (TPSA) is 55.4 Å². The molecule has 0 bridgehead atoms. The fourth-order valence-corrected chi connectivity index (χ4v) is 6.68. The van der Waals surface area contributed by atoms with Gasteiger partial charge in [-0.25, -0.2) is 4.79 Å². The fraction of sp³-hybridized carbons (Fsp3) is 0.429. The van der Waals surface area contributed by atoms with Crippen LogP contribution in [0.3, 0.4) is 0 Å². The predicted octanol–water partition coefficient (Wildman–Crippen LogP) is 5.64. The van der Waals surface area contributed by atoms with Gasteiger partial charge in [-0.05, 0) is 49.7 Å². The number of ether oxygens (including phenoxy) is 1. The summed E-state index contributed by atoms with van der Waals surface area (Å²) in [6, 6.07) is 10.5. The van der Waals surface area contributed by atoms with E-state index in [1.165, 1.54) is 28.9 Å². The Kier molecular flexibility index (Phi) is 5.21. The third kappa shape index (κ3) is 3.35. The van der Waals surface area contributed by atoms with Gasteiger partial charge in [-0.15, -0.1) is 11.3 Å². The molecular formula is C21H21Br2NO3S. The van der Waals surface area contributed by atoms with Gasteiger partial charge in [0.15, 0.2) is 0 Å². The second-order valence-electron chi connectivity index (χ2n) is 7.72. The summed E-state index contributed by atoms with van der Waals surface area (Å²) in [5, 5.41) is 3.63. The number of amides is 1. The monoisotopic (exact) mass is 525 g/mol. The zero-order chi connectivity index (χ0) is 20.1. The number of rotatable bonds is 4. The quantitative estimate of drug-likeness (QED) is 0.414. The summed E-state index contributed by atoms with van der Waals surface area (Å²) in [5.74, 6) is -0.0412. The van der Waals surface area contributed by atoms with Crippen LogP contribution in [0.15, 0.2) is 30.3 Å². The summed E-state index contributed by atoms with van der Waals surface area (Å²) in [4.78, 5) is 26.5. The van der Waals surface area contributed by atoms with Gasteiger partial charge in [-0.2, -0.15) is 0 Å². The summed E-state index contributed by atoms with van der Waals surface area (Å²) in [7, 11) is 1.39. The first-order valence-corrected chi connectivity index (χ1v) is 11.6. The minimum Gasteiger partial charge on any atom is -0.465 e. The molecule has 1 aromatic carbocycles. The molecule has 0 saturated heterocycles. The van der Waals surface area contributed by atoms with E-state index in [-0.39, 0.29) is 15.1 Å². The lowest BCUT2D eigenvalue weighted by atomic mass is 9.83. The van der Waals surface area contributed by atoms with Crippen molar-refractivity contribution in [1.29, 1.82) is 0 Å². The largest absolute Gasteiger partial charge is 0.465 e. The van der Waals surface area contributed by atoms with Gasteiger partial charge in [0, 0.05) is 4.88 Å². The second kappa shape index (κ2) is 7.26. The molecule has 0 radical (unpaired) electrons. The van der Waals surface area contributed by atoms with Crippen LogP contribution in [0.1, 0.15) is 52.0 Å². The van der Waals surface area contributed by atoms with Gasteiger partial charge in [0.05, 0.1) is 21.3 Å². The Labute approximate surface area is 185 Å². The zero-order valence-electron chi connectivity index (χ0n) is 15.7. The van der Waals surface area contributed by atoms with E-state index in [0.29, 0.717) is 22.9 Å². The molecule has 0 aliphatic heterocycles. The zero-order valence-corrected chi connectivity index (χ0v) is 19.7. The number of hydrogen-bond donors (Lipinski definition) is 1. The van der Waals surface area contributed by atoms with Crippen LogP contribution in [-0.2, 0) is 22.4 Å². The van der Waals surface area contributed by atoms with Crippen molar-refractivity contribution in [2.75, 3.05) is 12.4 Å². The SMILES string of the molecule is COC(=O)c1c(NC(=O)[C@@]2(C)CC2(Br)Br)sc2c1CC[C@H](c1ccccc1)C2. The highest BCUT2D eigenvalue weighted by Gasteiger charge is 2.66. The molecule has 0 unspecified atom stereocenters. The molecule has 4 nitrogen and oxygen atoms in total. The van der Waals surface area contributed by atoms with E-state index in [0.717, 1.165) is 24.8 Å². The first-order valence-electron chi connectivity index (χ1n) is 9.24. The van der Waals surface area contributed by atoms with Crippen LogP contribution in [0.4, 0.5) is 5.00 Å². The molecule has 2 aromatic rings. The summed E-state index contributed by atoms with van der Waals surface area (Å²) in [6.07, 6.45) is 3.36. The Morgan fingerprint density at radius 2 is 1.93 bits per heavy atom. The van der Waals surface area contributed by atoms with Gasteiger partial charge < -0.3 is 10.1 Å². The van der Waals surface area contributed by atoms with Crippen molar-refractivity contribution < 1.29 is 14.3 Å². The fourth-order valence-electron chi connectivity index (χ4n) is 3.89. The van der Waals surface area contributed by atoms with E-state index in [2.05, 4.69) is 61.4 Å². The third-order valence-electron chi connectivity index (χ3n) is 5.91. The number of fused-ring (bicyclic) bond motifs is 1. The molecule has 1 heterocycles. The predicted molar refractivity (Wildman–Crippen MR) is 119 cm³/mol. The highest BCUT2D eigenvalue weighted by atomic mass is 79.9. The highest BCUT2D eigenvalue weighted by molar-refractivity contribution is 9.25. The molecule has 1 amide bonds. The van der Waals surface area contributed by atoms with E-state index in [1.54, 1.807) is 0 Å². The van der Waals surface area contributed by atoms with Crippen LogP contribution in [-0.4, -0.2) is 22.2 Å². The maximum Gasteiger partial charge on any atom is 0.341 e. The lowest BCUT2D eigenvalue weighted by Crippen LogP contribution is -2.26. The van der Waals surface area contributed by atoms with E-state index in [9.17, 15) is 9.59 Å². The van der Waals surface area contributed by atoms with Crippen LogP contribution in [0, 0.1) is 5.41 Å². The Hall–Kier alpha value is -1.18. The molecule has 0 spiro atoms. The van der Waals surface area contributed by atoms with E-state index in [1.807, 2.05) is 13.0 Å². The van der Waals surface area contributed by atoms with Crippen molar-refractivity contribution in [3.8, 4) is 0 Å². The Morgan fingerprint density at radius 3 is 2.54 bits per heavy atom. The Bertz CT molecular complexity index is 941. The van der Waals surface area contributed by atoms with Crippen LogP contribution in [0.5, 0.6) is 0 Å². The molecule has 148 valence electrons. The number of nitrogens with one attached hydrogen (secondary N) is 1. The number of anilines is 1. The molecule has 1 N–H and O–H groups in total. The summed E-state index contributed by atoms with van der Waals surface area (Å²) < 4.78 is 4.66. The van der Waals surface area contributed by atoms with Crippen LogP contribution < -0.4 is 5.32 Å². The average Bonchev–Trinajstić information content (AvgIpc) is 3.04. The van der Waals surface area contributed by atoms with E-state index in [4.69, 9.17) is 4.74 Å². The maximum absolute atomic E-state index is 12.9.